The van der Waals surface area contributed by atoms with Gasteiger partial charge in [-0.1, -0.05) is 60.1 Å². The molecule has 0 radical (unpaired) electrons. The number of aliphatic imine (C=N–C) groups is 1. The van der Waals surface area contributed by atoms with Crippen LogP contribution in [0.2, 0.25) is 5.02 Å². The lowest BCUT2D eigenvalue weighted by Crippen LogP contribution is -2.35. The van der Waals surface area contributed by atoms with Crippen LogP contribution in [0.5, 0.6) is 5.75 Å². The first-order chi connectivity index (χ1) is 18.5. The predicted octanol–water partition coefficient (Wildman–Crippen LogP) is 6.35. The van der Waals surface area contributed by atoms with E-state index < -0.39 is 5.91 Å². The molecule has 3 heterocycles. The molecule has 9 heteroatoms. The number of aromatic nitrogens is 1. The molecule has 0 aliphatic carbocycles. The molecule has 0 bridgehead atoms. The average molecular weight is 540 g/mol. The minimum atomic E-state index is -0.469. The number of halogens is 1. The lowest BCUT2D eigenvalue weighted by molar-refractivity contribution is -0.114. The minimum Gasteiger partial charge on any atom is -0.492 e. The highest BCUT2D eigenvalue weighted by molar-refractivity contribution is 8.27. The third-order valence-electron chi connectivity index (χ3n) is 6.27. The summed E-state index contributed by atoms with van der Waals surface area (Å²) in [6, 6.07) is 23.3. The molecule has 1 aromatic heterocycles. The Labute approximate surface area is 228 Å². The van der Waals surface area contributed by atoms with Gasteiger partial charge in [0.1, 0.15) is 17.4 Å². The van der Waals surface area contributed by atoms with Gasteiger partial charge in [0.2, 0.25) is 5.17 Å². The van der Waals surface area contributed by atoms with Crippen LogP contribution in [0.3, 0.4) is 0 Å². The molecule has 0 saturated heterocycles. The number of aryl methyl sites for hydroxylation is 1. The summed E-state index contributed by atoms with van der Waals surface area (Å²) in [6.45, 7) is 3.15. The topological polar surface area (TPSA) is 83.0 Å². The lowest BCUT2D eigenvalue weighted by Gasteiger charge is -2.20. The van der Waals surface area contributed by atoms with Crippen molar-refractivity contribution < 1.29 is 9.53 Å². The second-order valence-electron chi connectivity index (χ2n) is 8.86. The second-order valence-corrected chi connectivity index (χ2v) is 10.2. The smallest absolute Gasteiger partial charge is 0.283 e. The summed E-state index contributed by atoms with van der Waals surface area (Å²) in [5, 5.41) is 17.2. The van der Waals surface area contributed by atoms with Crippen LogP contribution in [-0.4, -0.2) is 38.1 Å². The molecule has 0 unspecified atom stereocenters. The Hall–Kier alpha value is -4.14. The second kappa shape index (κ2) is 9.96. The summed E-state index contributed by atoms with van der Waals surface area (Å²) in [7, 11) is 0. The number of thioether (sulfide) groups is 1. The maximum absolute atomic E-state index is 13.0. The molecule has 0 spiro atoms. The van der Waals surface area contributed by atoms with Crippen molar-refractivity contribution in [3.8, 4) is 5.75 Å². The molecule has 4 aromatic rings. The molecule has 38 heavy (non-hydrogen) atoms. The molecule has 0 fully saturated rings. The van der Waals surface area contributed by atoms with E-state index in [0.29, 0.717) is 28.4 Å². The van der Waals surface area contributed by atoms with Gasteiger partial charge >= 0.3 is 0 Å². The molecule has 7 nitrogen and oxygen atoms in total. The van der Waals surface area contributed by atoms with Crippen molar-refractivity contribution in [2.45, 2.75) is 13.5 Å². The fourth-order valence-corrected chi connectivity index (χ4v) is 5.65. The fraction of sp³-hybridized carbons (Fsp3) is 0.103. The van der Waals surface area contributed by atoms with Gasteiger partial charge in [0.25, 0.3) is 5.91 Å². The van der Waals surface area contributed by atoms with E-state index >= 15 is 0 Å². The van der Waals surface area contributed by atoms with Crippen molar-refractivity contribution in [2.24, 2.45) is 10.1 Å². The summed E-state index contributed by atoms with van der Waals surface area (Å²) < 4.78 is 8.06. The monoisotopic (exact) mass is 539 g/mol. The Kier molecular flexibility index (Phi) is 6.35. The maximum atomic E-state index is 13.0. The fourth-order valence-electron chi connectivity index (χ4n) is 4.43. The third-order valence-corrected chi connectivity index (χ3v) is 7.54. The summed E-state index contributed by atoms with van der Waals surface area (Å²) in [5.41, 5.74) is 3.90. The Morgan fingerprint density at radius 1 is 1.08 bits per heavy atom. The third kappa shape index (κ3) is 4.53. The number of hydrazone groups is 1. The van der Waals surface area contributed by atoms with Crippen LogP contribution >= 0.6 is 23.4 Å². The molecule has 0 saturated carbocycles. The number of rotatable bonds is 6. The molecule has 0 atom stereocenters. The van der Waals surface area contributed by atoms with E-state index in [4.69, 9.17) is 21.7 Å². The van der Waals surface area contributed by atoms with Crippen LogP contribution in [0.4, 0.5) is 0 Å². The Balaban J connectivity index is 1.29. The van der Waals surface area contributed by atoms with Crippen molar-refractivity contribution in [1.29, 1.82) is 5.41 Å². The SMILES string of the molecule is Cc1cccc(OCCn2cc(/C=C3/C(=N)N4N=C(c5ccccc5Cl)SC4=NC3=O)c3ccccc32)c1. The first-order valence-corrected chi connectivity index (χ1v) is 13.2. The number of fused-ring (bicyclic) bond motifs is 2. The van der Waals surface area contributed by atoms with Crippen molar-refractivity contribution in [2.75, 3.05) is 6.61 Å². The highest BCUT2D eigenvalue weighted by Gasteiger charge is 2.36. The molecule has 1 amide bonds. The number of nitrogens with zero attached hydrogens (tertiary/aromatic N) is 4. The van der Waals surface area contributed by atoms with E-state index in [1.54, 1.807) is 12.1 Å². The number of hydrogen-bond acceptors (Lipinski definition) is 5. The first-order valence-electron chi connectivity index (χ1n) is 12.0. The summed E-state index contributed by atoms with van der Waals surface area (Å²) in [6.07, 6.45) is 3.70. The summed E-state index contributed by atoms with van der Waals surface area (Å²) in [5.74, 6) is 0.344. The molecular formula is C29H22ClN5O2S. The minimum absolute atomic E-state index is 0.0193. The van der Waals surface area contributed by atoms with Crippen LogP contribution in [0, 0.1) is 12.3 Å². The van der Waals surface area contributed by atoms with Gasteiger partial charge in [-0.2, -0.15) is 15.1 Å². The van der Waals surface area contributed by atoms with E-state index in [9.17, 15) is 4.79 Å². The van der Waals surface area contributed by atoms with Gasteiger partial charge in [-0.3, -0.25) is 10.2 Å². The molecule has 2 aliphatic heterocycles. The highest BCUT2D eigenvalue weighted by Crippen LogP contribution is 2.33. The Bertz CT molecular complexity index is 1700. The number of amidine groups is 2. The van der Waals surface area contributed by atoms with Gasteiger partial charge in [-0.05, 0) is 54.6 Å². The number of carbonyl (C=O) groups excluding carboxylic acids is 1. The van der Waals surface area contributed by atoms with E-state index in [0.717, 1.165) is 33.3 Å². The number of nitrogens with one attached hydrogen (secondary N) is 1. The molecule has 6 rings (SSSR count). The Morgan fingerprint density at radius 3 is 2.74 bits per heavy atom. The summed E-state index contributed by atoms with van der Waals surface area (Å²) >= 11 is 7.57. The van der Waals surface area contributed by atoms with Crippen molar-refractivity contribution in [1.82, 2.24) is 9.58 Å². The summed E-state index contributed by atoms with van der Waals surface area (Å²) in [4.78, 5) is 17.2. The number of ether oxygens (including phenoxy) is 1. The van der Waals surface area contributed by atoms with E-state index in [-0.39, 0.29) is 11.4 Å². The van der Waals surface area contributed by atoms with Gasteiger partial charge < -0.3 is 9.30 Å². The number of amides is 1. The zero-order chi connectivity index (χ0) is 26.2. The average Bonchev–Trinajstić information content (AvgIpc) is 3.49. The lowest BCUT2D eigenvalue weighted by atomic mass is 10.1. The molecule has 1 N–H and O–H groups in total. The predicted molar refractivity (Wildman–Crippen MR) is 154 cm³/mol. The quantitative estimate of drug-likeness (QED) is 0.289. The van der Waals surface area contributed by atoms with Gasteiger partial charge in [0.15, 0.2) is 5.84 Å². The zero-order valence-electron chi connectivity index (χ0n) is 20.4. The molecule has 2 aliphatic rings. The molecular weight excluding hydrogens is 518 g/mol. The van der Waals surface area contributed by atoms with Crippen LogP contribution in [0.25, 0.3) is 17.0 Å². The largest absolute Gasteiger partial charge is 0.492 e. The van der Waals surface area contributed by atoms with Crippen LogP contribution in [0.1, 0.15) is 16.7 Å². The Morgan fingerprint density at radius 2 is 1.89 bits per heavy atom. The zero-order valence-corrected chi connectivity index (χ0v) is 22.0. The number of para-hydroxylation sites is 1. The standard InChI is InChI=1S/C29H22ClN5O2S/c1-18-7-6-8-20(15-18)37-14-13-34-17-19(21-9-3-5-12-25(21)34)16-23-26(31)35-29(32-27(23)36)38-28(33-35)22-10-2-4-11-24(22)30/h2-12,15-17,31H,13-14H2,1H3/b23-16-,31-26?. The number of benzene rings is 3. The number of hydrogen-bond donors (Lipinski definition) is 1. The van der Waals surface area contributed by atoms with Crippen LogP contribution in [0.15, 0.2) is 94.7 Å². The van der Waals surface area contributed by atoms with Gasteiger partial charge in [0, 0.05) is 28.2 Å². The maximum Gasteiger partial charge on any atom is 0.283 e. The normalized spacial score (nSPS) is 16.2. The van der Waals surface area contributed by atoms with Crippen LogP contribution in [-0.2, 0) is 11.3 Å². The van der Waals surface area contributed by atoms with E-state index in [1.807, 2.05) is 79.9 Å². The highest BCUT2D eigenvalue weighted by atomic mass is 35.5. The first kappa shape index (κ1) is 24.2. The van der Waals surface area contributed by atoms with Crippen molar-refractivity contribution in [3.05, 3.63) is 106 Å². The molecule has 188 valence electrons. The van der Waals surface area contributed by atoms with Crippen LogP contribution < -0.4 is 4.74 Å². The van der Waals surface area contributed by atoms with Gasteiger partial charge in [0.05, 0.1) is 17.1 Å². The van der Waals surface area contributed by atoms with E-state index in [2.05, 4.69) is 14.7 Å². The van der Waals surface area contributed by atoms with Gasteiger partial charge in [-0.25, -0.2) is 0 Å². The number of carbonyl (C=O) groups is 1. The molecule has 3 aromatic carbocycles. The van der Waals surface area contributed by atoms with E-state index in [1.165, 1.54) is 16.8 Å². The van der Waals surface area contributed by atoms with Gasteiger partial charge in [-0.15, -0.1) is 0 Å². The van der Waals surface area contributed by atoms with Crippen molar-refractivity contribution >= 4 is 62.3 Å². The van der Waals surface area contributed by atoms with Crippen molar-refractivity contribution in [3.63, 3.8) is 0 Å².